The molecule has 1 N–H and O–H groups in total. The van der Waals surface area contributed by atoms with Gasteiger partial charge in [0.05, 0.1) is 11.4 Å². The van der Waals surface area contributed by atoms with E-state index >= 15 is 0 Å². The van der Waals surface area contributed by atoms with Crippen LogP contribution in [0.2, 0.25) is 0 Å². The van der Waals surface area contributed by atoms with Crippen LogP contribution < -0.4 is 4.72 Å². The van der Waals surface area contributed by atoms with Gasteiger partial charge in [0.2, 0.25) is 0 Å². The van der Waals surface area contributed by atoms with Crippen molar-refractivity contribution in [3.05, 3.63) is 28.2 Å². The topological polar surface area (TPSA) is 67.8 Å². The quantitative estimate of drug-likeness (QED) is 0.620. The third-order valence-corrected chi connectivity index (χ3v) is 3.84. The number of nitrogens with zero attached hydrogens (tertiary/aromatic N) is 1. The summed E-state index contributed by atoms with van der Waals surface area (Å²) in [4.78, 5) is 4.82. The number of nitrogens with one attached hydrogen (secondary N) is 1. The van der Waals surface area contributed by atoms with E-state index in [9.17, 15) is 21.6 Å². The third kappa shape index (κ3) is 4.60. The van der Waals surface area contributed by atoms with Gasteiger partial charge in [-0.05, 0) is 32.0 Å². The van der Waals surface area contributed by atoms with Crippen molar-refractivity contribution in [3.8, 4) is 0 Å². The summed E-state index contributed by atoms with van der Waals surface area (Å²) >= 11 is 3.16. The molecule has 1 aromatic carbocycles. The lowest BCUT2D eigenvalue weighted by Gasteiger charge is -2.14. The second-order valence-corrected chi connectivity index (χ2v) is 6.43. The van der Waals surface area contributed by atoms with E-state index in [1.807, 2.05) is 0 Å². The van der Waals surface area contributed by atoms with Gasteiger partial charge in [0, 0.05) is 10.0 Å². The van der Waals surface area contributed by atoms with Crippen LogP contribution in [0.15, 0.2) is 27.8 Å². The van der Waals surface area contributed by atoms with Crippen molar-refractivity contribution in [2.45, 2.75) is 19.4 Å². The van der Waals surface area contributed by atoms with E-state index < -0.39 is 15.5 Å². The Morgan fingerprint density at radius 3 is 2.57 bits per heavy atom. The zero-order chi connectivity index (χ0) is 16.3. The zero-order valence-corrected chi connectivity index (χ0v) is 13.4. The van der Waals surface area contributed by atoms with Crippen molar-refractivity contribution in [1.29, 1.82) is 0 Å². The highest BCUT2D eigenvalue weighted by atomic mass is 79.9. The fourth-order valence-electron chi connectivity index (χ4n) is 1.32. The van der Waals surface area contributed by atoms with Crippen LogP contribution in [0.1, 0.15) is 19.4 Å². The molecule has 0 aliphatic carbocycles. The Morgan fingerprint density at radius 2 is 2.05 bits per heavy atom. The lowest BCUT2D eigenvalue weighted by molar-refractivity contribution is -0.0429. The van der Waals surface area contributed by atoms with Crippen LogP contribution in [0.25, 0.3) is 0 Å². The molecule has 0 saturated carbocycles. The van der Waals surface area contributed by atoms with Gasteiger partial charge in [0.1, 0.15) is 6.61 Å². The molecule has 0 atom stereocenters. The van der Waals surface area contributed by atoms with Gasteiger partial charge in [-0.3, -0.25) is 4.72 Å². The molecule has 21 heavy (non-hydrogen) atoms. The summed E-state index contributed by atoms with van der Waals surface area (Å²) in [6.07, 6.45) is 0. The SMILES string of the molecule is CCON=C(C)c1cc(Br)ccc1NS(=O)(=O)C(F)(F)F. The van der Waals surface area contributed by atoms with Crippen molar-refractivity contribution in [1.82, 2.24) is 0 Å². The average Bonchev–Trinajstić information content (AvgIpc) is 2.36. The van der Waals surface area contributed by atoms with Crippen LogP contribution in [0.5, 0.6) is 0 Å². The molecule has 0 amide bonds. The lowest BCUT2D eigenvalue weighted by Crippen LogP contribution is -2.30. The number of hydrogen-bond acceptors (Lipinski definition) is 4. The first-order valence-corrected chi connectivity index (χ1v) is 7.91. The Morgan fingerprint density at radius 1 is 1.43 bits per heavy atom. The summed E-state index contributed by atoms with van der Waals surface area (Å²) in [7, 11) is -5.50. The number of rotatable bonds is 5. The fraction of sp³-hybridized carbons (Fsp3) is 0.364. The highest BCUT2D eigenvalue weighted by molar-refractivity contribution is 9.10. The summed E-state index contributed by atoms with van der Waals surface area (Å²) in [6, 6.07) is 4.05. The van der Waals surface area contributed by atoms with Gasteiger partial charge in [-0.15, -0.1) is 0 Å². The molecule has 0 saturated heterocycles. The Kier molecular flexibility index (Phi) is 5.62. The van der Waals surface area contributed by atoms with Crippen LogP contribution in [0, 0.1) is 0 Å². The molecule has 0 aliphatic heterocycles. The largest absolute Gasteiger partial charge is 0.516 e. The number of benzene rings is 1. The maximum Gasteiger partial charge on any atom is 0.516 e. The molecular weight excluding hydrogens is 377 g/mol. The van der Waals surface area contributed by atoms with Crippen molar-refractivity contribution in [2.24, 2.45) is 5.16 Å². The third-order valence-electron chi connectivity index (χ3n) is 2.25. The minimum atomic E-state index is -5.50. The molecule has 0 unspecified atom stereocenters. The molecule has 0 fully saturated rings. The van der Waals surface area contributed by atoms with Crippen LogP contribution in [0.3, 0.4) is 0 Å². The molecule has 0 heterocycles. The van der Waals surface area contributed by atoms with Crippen molar-refractivity contribution >= 4 is 37.4 Å². The number of alkyl halides is 3. The van der Waals surface area contributed by atoms with E-state index in [2.05, 4.69) is 21.1 Å². The maximum absolute atomic E-state index is 12.4. The maximum atomic E-state index is 12.4. The summed E-state index contributed by atoms with van der Waals surface area (Å²) in [5.74, 6) is 0. The van der Waals surface area contributed by atoms with E-state index in [1.165, 1.54) is 29.8 Å². The number of halogens is 4. The molecular formula is C11H12BrF3N2O3S. The van der Waals surface area contributed by atoms with Gasteiger partial charge in [-0.25, -0.2) is 0 Å². The predicted molar refractivity (Wildman–Crippen MR) is 76.6 cm³/mol. The first-order chi connectivity index (χ1) is 9.58. The summed E-state index contributed by atoms with van der Waals surface area (Å²) < 4.78 is 61.7. The normalized spacial score (nSPS) is 13.1. The van der Waals surface area contributed by atoms with Crippen LogP contribution in [0.4, 0.5) is 18.9 Å². The highest BCUT2D eigenvalue weighted by Crippen LogP contribution is 2.28. The average molecular weight is 389 g/mol. The van der Waals surface area contributed by atoms with Gasteiger partial charge in [-0.1, -0.05) is 21.1 Å². The van der Waals surface area contributed by atoms with E-state index in [0.717, 1.165) is 0 Å². The van der Waals surface area contributed by atoms with Gasteiger partial charge < -0.3 is 4.84 Å². The van der Waals surface area contributed by atoms with Gasteiger partial charge >= 0.3 is 15.5 Å². The minimum absolute atomic E-state index is 0.172. The van der Waals surface area contributed by atoms with Crippen LogP contribution in [-0.4, -0.2) is 26.2 Å². The second-order valence-electron chi connectivity index (χ2n) is 3.84. The van der Waals surface area contributed by atoms with E-state index in [4.69, 9.17) is 4.84 Å². The first-order valence-electron chi connectivity index (χ1n) is 5.64. The molecule has 10 heteroatoms. The van der Waals surface area contributed by atoms with Crippen molar-refractivity contribution in [2.75, 3.05) is 11.3 Å². The molecule has 118 valence electrons. The fourth-order valence-corrected chi connectivity index (χ4v) is 2.26. The Bertz CT molecular complexity index is 645. The van der Waals surface area contributed by atoms with Gasteiger partial charge in [-0.2, -0.15) is 21.6 Å². The second kappa shape index (κ2) is 6.65. The Labute approximate surface area is 128 Å². The monoisotopic (exact) mass is 388 g/mol. The smallest absolute Gasteiger partial charge is 0.396 e. The molecule has 5 nitrogen and oxygen atoms in total. The number of anilines is 1. The standard InChI is InChI=1S/C11H12BrF3N2O3S/c1-3-20-16-7(2)9-6-8(12)4-5-10(9)17-21(18,19)11(13,14)15/h4-6,17H,3H2,1-2H3. The number of hydrogen-bond donors (Lipinski definition) is 1. The van der Waals surface area contributed by atoms with Crippen LogP contribution in [-0.2, 0) is 14.9 Å². The van der Waals surface area contributed by atoms with E-state index in [-0.39, 0.29) is 23.6 Å². The molecule has 0 aromatic heterocycles. The Hall–Kier alpha value is -1.29. The zero-order valence-electron chi connectivity index (χ0n) is 11.0. The summed E-state index contributed by atoms with van der Waals surface area (Å²) in [5.41, 5.74) is -5.23. The van der Waals surface area contributed by atoms with E-state index in [0.29, 0.717) is 4.47 Å². The number of oxime groups is 1. The van der Waals surface area contributed by atoms with Crippen LogP contribution >= 0.6 is 15.9 Å². The molecule has 1 aromatic rings. The molecule has 0 aliphatic rings. The van der Waals surface area contributed by atoms with Crippen molar-refractivity contribution in [3.63, 3.8) is 0 Å². The molecule has 0 bridgehead atoms. The summed E-state index contributed by atoms with van der Waals surface area (Å²) in [6.45, 7) is 3.45. The molecule has 0 radical (unpaired) electrons. The van der Waals surface area contributed by atoms with Gasteiger partial charge in [0.25, 0.3) is 0 Å². The molecule has 1 rings (SSSR count). The highest BCUT2D eigenvalue weighted by Gasteiger charge is 2.46. The first kappa shape index (κ1) is 17.8. The van der Waals surface area contributed by atoms with Gasteiger partial charge in [0.15, 0.2) is 0 Å². The lowest BCUT2D eigenvalue weighted by atomic mass is 10.1. The molecule has 0 spiro atoms. The Balaban J connectivity index is 3.26. The van der Waals surface area contributed by atoms with Crippen molar-refractivity contribution < 1.29 is 26.4 Å². The summed E-state index contributed by atoms with van der Waals surface area (Å²) in [5, 5.41) is 3.69. The minimum Gasteiger partial charge on any atom is -0.396 e. The van der Waals surface area contributed by atoms with E-state index in [1.54, 1.807) is 6.92 Å². The number of sulfonamides is 1. The predicted octanol–water partition coefficient (Wildman–Crippen LogP) is 3.47.